The number of fused-ring (bicyclic) bond motifs is 2. The fourth-order valence-corrected chi connectivity index (χ4v) is 6.86. The Kier molecular flexibility index (Phi) is 9.33. The molecule has 0 aliphatic carbocycles. The van der Waals surface area contributed by atoms with Crippen molar-refractivity contribution in [1.82, 2.24) is 25.1 Å². The molecule has 0 spiro atoms. The minimum absolute atomic E-state index is 0.221. The van der Waals surface area contributed by atoms with Crippen LogP contribution in [0.1, 0.15) is 40.6 Å². The Morgan fingerprint density at radius 3 is 2.27 bits per heavy atom. The third-order valence-corrected chi connectivity index (χ3v) is 9.62. The number of aryl methyl sites for hydroxylation is 1. The number of esters is 1. The maximum absolute atomic E-state index is 15.4. The lowest BCUT2D eigenvalue weighted by Gasteiger charge is -2.23. The predicted molar refractivity (Wildman–Crippen MR) is 199 cm³/mol. The van der Waals surface area contributed by atoms with Gasteiger partial charge < -0.3 is 14.0 Å². The quantitative estimate of drug-likeness (QED) is 0.133. The largest absolute Gasteiger partial charge is 0.486 e. The van der Waals surface area contributed by atoms with Crippen LogP contribution in [0.2, 0.25) is 0 Å². The summed E-state index contributed by atoms with van der Waals surface area (Å²) in [5.41, 5.74) is 9.08. The van der Waals surface area contributed by atoms with Gasteiger partial charge >= 0.3 is 5.97 Å². The number of aromatic nitrogens is 4. The Balaban J connectivity index is 1.09. The highest BCUT2D eigenvalue weighted by Gasteiger charge is 2.31. The lowest BCUT2D eigenvalue weighted by atomic mass is 9.96. The summed E-state index contributed by atoms with van der Waals surface area (Å²) in [6.07, 6.45) is 1.15. The van der Waals surface area contributed by atoms with Gasteiger partial charge in [0.15, 0.2) is 17.4 Å². The summed E-state index contributed by atoms with van der Waals surface area (Å²) in [6, 6.07) is 38.5. The van der Waals surface area contributed by atoms with Gasteiger partial charge in [0, 0.05) is 30.6 Å². The van der Waals surface area contributed by atoms with Crippen molar-refractivity contribution in [3.05, 3.63) is 161 Å². The second-order valence-electron chi connectivity index (χ2n) is 13.0. The number of nitrogens with zero attached hydrogens (tertiary/aromatic N) is 3. The molecular formula is C43H38FN5O3. The Morgan fingerprint density at radius 2 is 1.56 bits per heavy atom. The van der Waals surface area contributed by atoms with Crippen LogP contribution in [0.15, 0.2) is 121 Å². The van der Waals surface area contributed by atoms with Gasteiger partial charge in [0.25, 0.3) is 0 Å². The lowest BCUT2D eigenvalue weighted by molar-refractivity contribution is -0.147. The molecule has 52 heavy (non-hydrogen) atoms. The summed E-state index contributed by atoms with van der Waals surface area (Å²) >= 11 is 0. The van der Waals surface area contributed by atoms with E-state index >= 15 is 4.39 Å². The molecule has 0 fully saturated rings. The van der Waals surface area contributed by atoms with E-state index in [4.69, 9.17) is 19.6 Å². The summed E-state index contributed by atoms with van der Waals surface area (Å²) in [4.78, 5) is 18.3. The van der Waals surface area contributed by atoms with Crippen LogP contribution >= 0.6 is 0 Å². The molecule has 1 aliphatic rings. The average Bonchev–Trinajstić information content (AvgIpc) is 3.78. The molecule has 8 nitrogen and oxygen atoms in total. The van der Waals surface area contributed by atoms with Gasteiger partial charge in [-0.05, 0) is 64.1 Å². The number of nitrogens with one attached hydrogen (secondary N) is 2. The molecule has 8 rings (SSSR count). The van der Waals surface area contributed by atoms with Gasteiger partial charge in [0.05, 0.1) is 11.2 Å². The lowest BCUT2D eigenvalue weighted by Crippen LogP contribution is -2.43. The highest BCUT2D eigenvalue weighted by molar-refractivity contribution is 5.94. The van der Waals surface area contributed by atoms with Crippen molar-refractivity contribution in [2.75, 3.05) is 0 Å². The first-order valence-electron chi connectivity index (χ1n) is 17.6. The fourth-order valence-electron chi connectivity index (χ4n) is 6.86. The van der Waals surface area contributed by atoms with Crippen molar-refractivity contribution in [3.63, 3.8) is 0 Å². The SMILES string of the molecule is CCc1cc(OCc2ccccc2)c(F)cc1-c1ccc2c(-c3nc4c(n3Cc3ccccc3)CC(C(=O)OCc3ccccc3)NC4)n[nH]c2c1. The summed E-state index contributed by atoms with van der Waals surface area (Å²) in [5, 5.41) is 12.2. The molecule has 2 N–H and O–H groups in total. The molecule has 2 aromatic heterocycles. The van der Waals surface area contributed by atoms with Gasteiger partial charge in [-0.3, -0.25) is 15.2 Å². The van der Waals surface area contributed by atoms with Gasteiger partial charge in [-0.15, -0.1) is 0 Å². The third-order valence-electron chi connectivity index (χ3n) is 9.62. The average molecular weight is 692 g/mol. The fraction of sp³-hybridized carbons (Fsp3) is 0.186. The van der Waals surface area contributed by atoms with Gasteiger partial charge in [-0.2, -0.15) is 5.10 Å². The number of hydrogen-bond donors (Lipinski definition) is 2. The highest BCUT2D eigenvalue weighted by atomic mass is 19.1. The molecule has 1 unspecified atom stereocenters. The molecule has 1 aliphatic heterocycles. The molecule has 3 heterocycles. The van der Waals surface area contributed by atoms with E-state index in [1.54, 1.807) is 12.1 Å². The predicted octanol–water partition coefficient (Wildman–Crippen LogP) is 8.18. The molecule has 7 aromatic rings. The van der Waals surface area contributed by atoms with Crippen molar-refractivity contribution in [2.45, 2.75) is 52.1 Å². The zero-order chi connectivity index (χ0) is 35.4. The highest BCUT2D eigenvalue weighted by Crippen LogP contribution is 2.36. The molecule has 0 bridgehead atoms. The van der Waals surface area contributed by atoms with Gasteiger partial charge in [0.1, 0.15) is 24.9 Å². The first-order chi connectivity index (χ1) is 25.5. The number of rotatable bonds is 11. The van der Waals surface area contributed by atoms with Crippen LogP contribution in [0, 0.1) is 5.82 Å². The van der Waals surface area contributed by atoms with E-state index < -0.39 is 11.9 Å². The van der Waals surface area contributed by atoms with Crippen molar-refractivity contribution in [1.29, 1.82) is 0 Å². The molecule has 1 atom stereocenters. The number of imidazole rings is 1. The molecule has 0 saturated carbocycles. The Bertz CT molecular complexity index is 2340. The summed E-state index contributed by atoms with van der Waals surface area (Å²) < 4.78 is 29.2. The van der Waals surface area contributed by atoms with Crippen LogP contribution in [0.5, 0.6) is 5.75 Å². The van der Waals surface area contributed by atoms with E-state index in [1.807, 2.05) is 97.1 Å². The number of halogens is 1. The second kappa shape index (κ2) is 14.7. The molecule has 0 saturated heterocycles. The molecule has 5 aromatic carbocycles. The minimum atomic E-state index is -0.503. The van der Waals surface area contributed by atoms with Crippen molar-refractivity contribution < 1.29 is 18.7 Å². The van der Waals surface area contributed by atoms with Crippen molar-refractivity contribution >= 4 is 16.9 Å². The monoisotopic (exact) mass is 691 g/mol. The van der Waals surface area contributed by atoms with Crippen LogP contribution in [0.4, 0.5) is 4.39 Å². The minimum Gasteiger partial charge on any atom is -0.486 e. The number of carbonyl (C=O) groups excluding carboxylic acids is 1. The zero-order valence-electron chi connectivity index (χ0n) is 28.8. The van der Waals surface area contributed by atoms with Crippen LogP contribution < -0.4 is 10.1 Å². The zero-order valence-corrected chi connectivity index (χ0v) is 28.8. The normalized spacial score (nSPS) is 13.9. The summed E-state index contributed by atoms with van der Waals surface area (Å²) in [6.45, 7) is 3.56. The van der Waals surface area contributed by atoms with Crippen LogP contribution in [0.3, 0.4) is 0 Å². The molecule has 0 radical (unpaired) electrons. The van der Waals surface area contributed by atoms with Gasteiger partial charge in [-0.1, -0.05) is 104 Å². The van der Waals surface area contributed by atoms with Crippen LogP contribution in [0.25, 0.3) is 33.5 Å². The maximum Gasteiger partial charge on any atom is 0.323 e. The Labute approximate surface area is 301 Å². The number of hydrogen-bond acceptors (Lipinski definition) is 6. The second-order valence-corrected chi connectivity index (χ2v) is 13.0. The Morgan fingerprint density at radius 1 is 0.865 bits per heavy atom. The topological polar surface area (TPSA) is 94.1 Å². The van der Waals surface area contributed by atoms with E-state index in [2.05, 4.69) is 34.0 Å². The first-order valence-corrected chi connectivity index (χ1v) is 17.6. The molecular weight excluding hydrogens is 654 g/mol. The molecule has 0 amide bonds. The summed E-state index contributed by atoms with van der Waals surface area (Å²) in [7, 11) is 0. The van der Waals surface area contributed by atoms with E-state index in [9.17, 15) is 4.79 Å². The standard InChI is InChI=1S/C43H38FN5O3/c1-2-31-21-40(51-26-29-14-8-4-9-15-29)35(44)22-34(31)32-18-19-33-36(20-32)47-48-41(33)42-46-38-24-45-37(43(50)52-27-30-16-10-5-11-17-30)23-39(38)49(42)25-28-12-6-3-7-13-28/h3-22,37,45H,2,23-27H2,1H3,(H,47,48). The number of ether oxygens (including phenoxy) is 2. The summed E-state index contributed by atoms with van der Waals surface area (Å²) in [5.74, 6) is 0.260. The van der Waals surface area contributed by atoms with E-state index in [-0.39, 0.29) is 18.3 Å². The van der Waals surface area contributed by atoms with Crippen LogP contribution in [-0.4, -0.2) is 31.8 Å². The molecule has 9 heteroatoms. The van der Waals surface area contributed by atoms with Crippen molar-refractivity contribution in [3.8, 4) is 28.4 Å². The maximum atomic E-state index is 15.4. The number of carbonyl (C=O) groups is 1. The number of aromatic amines is 1. The first kappa shape index (κ1) is 33.1. The molecule has 260 valence electrons. The van der Waals surface area contributed by atoms with Crippen LogP contribution in [-0.2, 0) is 48.7 Å². The number of benzene rings is 5. The van der Waals surface area contributed by atoms with E-state index in [0.717, 1.165) is 55.7 Å². The Hall–Kier alpha value is -6.06. The van der Waals surface area contributed by atoms with E-state index in [1.165, 1.54) is 0 Å². The van der Waals surface area contributed by atoms with Crippen molar-refractivity contribution in [2.24, 2.45) is 0 Å². The van der Waals surface area contributed by atoms with Gasteiger partial charge in [-0.25, -0.2) is 9.37 Å². The third kappa shape index (κ3) is 6.83. The van der Waals surface area contributed by atoms with Gasteiger partial charge in [0.2, 0.25) is 0 Å². The number of H-pyrrole nitrogens is 1. The smallest absolute Gasteiger partial charge is 0.323 e. The van der Waals surface area contributed by atoms with E-state index in [0.29, 0.717) is 44.1 Å².